The SMILES string of the molecule is CN(Cc1ccccc1)[C@H](c1ccnc2nc3ccccc3n12)[C@H]1COC(C)(C)O1. The van der Waals surface area contributed by atoms with Crippen molar-refractivity contribution in [1.29, 1.82) is 0 Å². The Kier molecular flexibility index (Phi) is 4.77. The molecule has 3 heterocycles. The van der Waals surface area contributed by atoms with Crippen LogP contribution in [-0.4, -0.2) is 44.8 Å². The third kappa shape index (κ3) is 3.47. The van der Waals surface area contributed by atoms with E-state index in [0.717, 1.165) is 23.3 Å². The molecule has 0 bridgehead atoms. The summed E-state index contributed by atoms with van der Waals surface area (Å²) in [6.45, 7) is 5.27. The second kappa shape index (κ2) is 7.47. The molecule has 0 amide bonds. The molecule has 0 unspecified atom stereocenters. The summed E-state index contributed by atoms with van der Waals surface area (Å²) < 4.78 is 14.4. The topological polar surface area (TPSA) is 51.9 Å². The smallest absolute Gasteiger partial charge is 0.235 e. The van der Waals surface area contributed by atoms with Crippen LogP contribution in [0.25, 0.3) is 16.8 Å². The van der Waals surface area contributed by atoms with Gasteiger partial charge in [0.2, 0.25) is 5.78 Å². The van der Waals surface area contributed by atoms with E-state index in [4.69, 9.17) is 14.5 Å². The zero-order chi connectivity index (χ0) is 20.7. The van der Waals surface area contributed by atoms with Gasteiger partial charge >= 0.3 is 0 Å². The van der Waals surface area contributed by atoms with E-state index < -0.39 is 5.79 Å². The van der Waals surface area contributed by atoms with Crippen LogP contribution < -0.4 is 0 Å². The van der Waals surface area contributed by atoms with Crippen molar-refractivity contribution < 1.29 is 9.47 Å². The lowest BCUT2D eigenvalue weighted by atomic mass is 10.0. The first-order valence-electron chi connectivity index (χ1n) is 10.3. The van der Waals surface area contributed by atoms with E-state index in [1.54, 1.807) is 0 Å². The van der Waals surface area contributed by atoms with Gasteiger partial charge in [-0.15, -0.1) is 0 Å². The van der Waals surface area contributed by atoms with Gasteiger partial charge in [-0.1, -0.05) is 42.5 Å². The Labute approximate surface area is 176 Å². The Hall–Kier alpha value is -2.80. The molecule has 2 aromatic carbocycles. The lowest BCUT2D eigenvalue weighted by molar-refractivity contribution is -0.146. The van der Waals surface area contributed by atoms with E-state index in [1.807, 2.05) is 44.3 Å². The molecule has 154 valence electrons. The summed E-state index contributed by atoms with van der Waals surface area (Å²) >= 11 is 0. The third-order valence-electron chi connectivity index (χ3n) is 5.67. The molecule has 4 aromatic rings. The number of benzene rings is 2. The largest absolute Gasteiger partial charge is 0.348 e. The minimum absolute atomic E-state index is 0.0323. The predicted molar refractivity (Wildman–Crippen MR) is 116 cm³/mol. The molecule has 0 radical (unpaired) electrons. The van der Waals surface area contributed by atoms with E-state index in [-0.39, 0.29) is 12.1 Å². The minimum atomic E-state index is -0.598. The zero-order valence-electron chi connectivity index (χ0n) is 17.5. The molecule has 1 aliphatic heterocycles. The normalized spacial score (nSPS) is 19.7. The van der Waals surface area contributed by atoms with Crippen LogP contribution in [0.4, 0.5) is 0 Å². The number of nitrogens with zero attached hydrogens (tertiary/aromatic N) is 4. The molecule has 2 aromatic heterocycles. The highest BCUT2D eigenvalue weighted by Crippen LogP contribution is 2.35. The molecule has 1 fully saturated rings. The van der Waals surface area contributed by atoms with Crippen LogP contribution in [0, 0.1) is 0 Å². The van der Waals surface area contributed by atoms with Gasteiger partial charge in [0.25, 0.3) is 0 Å². The number of ether oxygens (including phenoxy) is 2. The van der Waals surface area contributed by atoms with Gasteiger partial charge in [-0.25, -0.2) is 9.97 Å². The highest BCUT2D eigenvalue weighted by Gasteiger charge is 2.40. The number of para-hydroxylation sites is 2. The molecule has 6 nitrogen and oxygen atoms in total. The highest BCUT2D eigenvalue weighted by molar-refractivity contribution is 5.79. The lowest BCUT2D eigenvalue weighted by Gasteiger charge is -2.33. The van der Waals surface area contributed by atoms with Crippen molar-refractivity contribution in [2.75, 3.05) is 13.7 Å². The van der Waals surface area contributed by atoms with E-state index in [9.17, 15) is 0 Å². The van der Waals surface area contributed by atoms with Gasteiger partial charge in [-0.3, -0.25) is 9.30 Å². The van der Waals surface area contributed by atoms with Crippen molar-refractivity contribution >= 4 is 16.8 Å². The summed E-state index contributed by atoms with van der Waals surface area (Å²) in [5.41, 5.74) is 4.33. The van der Waals surface area contributed by atoms with Gasteiger partial charge in [-0.2, -0.15) is 0 Å². The molecule has 0 spiro atoms. The van der Waals surface area contributed by atoms with Crippen molar-refractivity contribution in [1.82, 2.24) is 19.3 Å². The monoisotopic (exact) mass is 402 g/mol. The molecule has 30 heavy (non-hydrogen) atoms. The zero-order valence-corrected chi connectivity index (χ0v) is 17.5. The van der Waals surface area contributed by atoms with Gasteiger partial charge in [0, 0.05) is 18.4 Å². The number of imidazole rings is 1. The molecule has 1 aliphatic rings. The molecule has 5 rings (SSSR count). The molecular formula is C24H26N4O2. The van der Waals surface area contributed by atoms with Crippen molar-refractivity contribution in [3.63, 3.8) is 0 Å². The van der Waals surface area contributed by atoms with Gasteiger partial charge in [0.1, 0.15) is 6.10 Å². The van der Waals surface area contributed by atoms with Crippen LogP contribution in [0.5, 0.6) is 0 Å². The van der Waals surface area contributed by atoms with Crippen molar-refractivity contribution in [3.8, 4) is 0 Å². The third-order valence-corrected chi connectivity index (χ3v) is 5.67. The number of hydrogen-bond acceptors (Lipinski definition) is 5. The molecule has 0 aliphatic carbocycles. The molecular weight excluding hydrogens is 376 g/mol. The van der Waals surface area contributed by atoms with E-state index in [2.05, 4.69) is 57.7 Å². The summed E-state index contributed by atoms with van der Waals surface area (Å²) in [6, 6.07) is 20.7. The van der Waals surface area contributed by atoms with Crippen LogP contribution in [0.3, 0.4) is 0 Å². The van der Waals surface area contributed by atoms with Gasteiger partial charge in [0.05, 0.1) is 23.7 Å². The first-order chi connectivity index (χ1) is 14.5. The van der Waals surface area contributed by atoms with Crippen LogP contribution in [0.2, 0.25) is 0 Å². The Bertz CT molecular complexity index is 1170. The number of hydrogen-bond donors (Lipinski definition) is 0. The predicted octanol–water partition coefficient (Wildman–Crippen LogP) is 4.21. The minimum Gasteiger partial charge on any atom is -0.348 e. The van der Waals surface area contributed by atoms with E-state index in [1.165, 1.54) is 5.56 Å². The first-order valence-corrected chi connectivity index (χ1v) is 10.3. The Balaban J connectivity index is 1.63. The van der Waals surface area contributed by atoms with Crippen LogP contribution in [0.15, 0.2) is 66.9 Å². The standard InChI is InChI=1S/C24H26N4O2/c1-24(2)29-16-21(30-24)22(27(3)15-17-9-5-4-6-10-17)20-13-14-25-23-26-18-11-7-8-12-19(18)28(20)23/h4-14,21-22H,15-16H2,1-3H3/t21-,22-/m1/s1. The molecule has 1 saturated heterocycles. The van der Waals surface area contributed by atoms with Gasteiger partial charge in [-0.05, 0) is 44.7 Å². The summed E-state index contributed by atoms with van der Waals surface area (Å²) in [6.07, 6.45) is 1.72. The lowest BCUT2D eigenvalue weighted by Crippen LogP contribution is -2.37. The summed E-state index contributed by atoms with van der Waals surface area (Å²) in [4.78, 5) is 11.6. The molecule has 6 heteroatoms. The maximum Gasteiger partial charge on any atom is 0.235 e. The maximum absolute atomic E-state index is 6.34. The fraction of sp³-hybridized carbons (Fsp3) is 0.333. The van der Waals surface area contributed by atoms with Crippen molar-refractivity contribution in [2.24, 2.45) is 0 Å². The number of fused-ring (bicyclic) bond motifs is 3. The highest BCUT2D eigenvalue weighted by atomic mass is 16.7. The average Bonchev–Trinajstić information content (AvgIpc) is 3.29. The first kappa shape index (κ1) is 19.2. The number of aromatic nitrogens is 3. The second-order valence-electron chi connectivity index (χ2n) is 8.32. The maximum atomic E-state index is 6.34. The van der Waals surface area contributed by atoms with E-state index in [0.29, 0.717) is 12.4 Å². The molecule has 2 atom stereocenters. The summed E-state index contributed by atoms with van der Waals surface area (Å²) in [5.74, 6) is 0.101. The van der Waals surface area contributed by atoms with Gasteiger partial charge in [0.15, 0.2) is 5.79 Å². The van der Waals surface area contributed by atoms with Crippen LogP contribution in [0.1, 0.15) is 31.1 Å². The average molecular weight is 402 g/mol. The van der Waals surface area contributed by atoms with Gasteiger partial charge < -0.3 is 9.47 Å². The number of rotatable bonds is 5. The Morgan fingerprint density at radius 2 is 1.87 bits per heavy atom. The fourth-order valence-electron chi connectivity index (χ4n) is 4.38. The van der Waals surface area contributed by atoms with Crippen molar-refractivity contribution in [2.45, 2.75) is 38.3 Å². The van der Waals surface area contributed by atoms with E-state index >= 15 is 0 Å². The fourth-order valence-corrected chi connectivity index (χ4v) is 4.38. The summed E-state index contributed by atoms with van der Waals surface area (Å²) in [7, 11) is 2.14. The second-order valence-corrected chi connectivity index (χ2v) is 8.32. The van der Waals surface area contributed by atoms with Crippen LogP contribution >= 0.6 is 0 Å². The Morgan fingerprint density at radius 1 is 1.10 bits per heavy atom. The number of likely N-dealkylation sites (N-methyl/N-ethyl adjacent to an activating group) is 1. The molecule has 0 N–H and O–H groups in total. The molecule has 0 saturated carbocycles. The van der Waals surface area contributed by atoms with Crippen LogP contribution in [-0.2, 0) is 16.0 Å². The summed E-state index contributed by atoms with van der Waals surface area (Å²) in [5, 5.41) is 0. The Morgan fingerprint density at radius 3 is 2.63 bits per heavy atom. The quantitative estimate of drug-likeness (QED) is 0.501. The van der Waals surface area contributed by atoms with Crippen molar-refractivity contribution in [3.05, 3.63) is 78.1 Å².